The Bertz CT molecular complexity index is 590. The van der Waals surface area contributed by atoms with E-state index in [1.54, 1.807) is 6.07 Å². The second-order valence-corrected chi connectivity index (χ2v) is 5.27. The van der Waals surface area contributed by atoms with E-state index in [-0.39, 0.29) is 18.6 Å². The van der Waals surface area contributed by atoms with E-state index in [0.717, 1.165) is 17.7 Å². The van der Waals surface area contributed by atoms with Crippen LogP contribution in [0.2, 0.25) is 0 Å². The van der Waals surface area contributed by atoms with Crippen LogP contribution in [0.15, 0.2) is 30.3 Å². The molecule has 1 unspecified atom stereocenters. The van der Waals surface area contributed by atoms with Crippen molar-refractivity contribution in [1.29, 1.82) is 0 Å². The lowest BCUT2D eigenvalue weighted by atomic mass is 10.1. The summed E-state index contributed by atoms with van der Waals surface area (Å²) in [7, 11) is 0. The first-order valence-corrected chi connectivity index (χ1v) is 7.14. The average Bonchev–Trinajstić information content (AvgIpc) is 2.96. The number of hydrogen-bond donors (Lipinski definition) is 3. The zero-order chi connectivity index (χ0) is 15.2. The number of rotatable bonds is 6. The Morgan fingerprint density at radius 1 is 1.38 bits per heavy atom. The summed E-state index contributed by atoms with van der Waals surface area (Å²) in [5.74, 6) is -0.175. The van der Waals surface area contributed by atoms with E-state index in [1.807, 2.05) is 38.1 Å². The van der Waals surface area contributed by atoms with E-state index in [2.05, 4.69) is 15.5 Å². The number of aliphatic hydroxyl groups excluding tert-OH is 1. The molecule has 2 rings (SSSR count). The molecule has 3 N–H and O–H groups in total. The molecule has 0 fully saturated rings. The summed E-state index contributed by atoms with van der Waals surface area (Å²) in [4.78, 5) is 12.1. The van der Waals surface area contributed by atoms with Crippen LogP contribution in [0.3, 0.4) is 0 Å². The van der Waals surface area contributed by atoms with Crippen LogP contribution in [0.5, 0.6) is 0 Å². The first-order chi connectivity index (χ1) is 10.1. The third-order valence-electron chi connectivity index (χ3n) is 3.34. The largest absolute Gasteiger partial charge is 0.396 e. The monoisotopic (exact) mass is 287 g/mol. The predicted octanol–water partition coefficient (Wildman–Crippen LogP) is 2.28. The van der Waals surface area contributed by atoms with Gasteiger partial charge in [0.25, 0.3) is 5.91 Å². The molecule has 1 aromatic carbocycles. The summed E-state index contributed by atoms with van der Waals surface area (Å²) < 4.78 is 0. The summed E-state index contributed by atoms with van der Waals surface area (Å²) in [5, 5.41) is 18.6. The minimum atomic E-state index is -0.175. The number of aromatic nitrogens is 2. The summed E-state index contributed by atoms with van der Waals surface area (Å²) in [6.07, 6.45) is 1.43. The Morgan fingerprint density at radius 3 is 2.76 bits per heavy atom. The fourth-order valence-electron chi connectivity index (χ4n) is 2.08. The average molecular weight is 287 g/mol. The topological polar surface area (TPSA) is 78.0 Å². The molecule has 0 radical (unpaired) electrons. The number of carbonyl (C=O) groups excluding carboxylic acids is 1. The smallest absolute Gasteiger partial charge is 0.269 e. The SMILES string of the molecule is Cc1ccc(-c2cc(C(=O)NC(C)CCCO)[nH]n2)cc1. The van der Waals surface area contributed by atoms with Crippen LogP contribution in [0, 0.1) is 6.92 Å². The fourth-order valence-corrected chi connectivity index (χ4v) is 2.08. The fraction of sp³-hybridized carbons (Fsp3) is 0.375. The Labute approximate surface area is 124 Å². The lowest BCUT2D eigenvalue weighted by Gasteiger charge is -2.11. The number of H-pyrrole nitrogens is 1. The molecule has 112 valence electrons. The van der Waals surface area contributed by atoms with Gasteiger partial charge in [0, 0.05) is 18.2 Å². The molecule has 0 saturated carbocycles. The van der Waals surface area contributed by atoms with Gasteiger partial charge >= 0.3 is 0 Å². The summed E-state index contributed by atoms with van der Waals surface area (Å²) in [6.45, 7) is 4.09. The molecule has 0 aliphatic heterocycles. The van der Waals surface area contributed by atoms with E-state index in [1.165, 1.54) is 5.56 Å². The second kappa shape index (κ2) is 7.04. The highest BCUT2D eigenvalue weighted by Crippen LogP contribution is 2.18. The normalized spacial score (nSPS) is 12.1. The van der Waals surface area contributed by atoms with Crippen molar-refractivity contribution >= 4 is 5.91 Å². The van der Waals surface area contributed by atoms with Crippen molar-refractivity contribution in [2.45, 2.75) is 32.7 Å². The number of carbonyl (C=O) groups is 1. The van der Waals surface area contributed by atoms with Gasteiger partial charge < -0.3 is 10.4 Å². The molecule has 0 spiro atoms. The third-order valence-corrected chi connectivity index (χ3v) is 3.34. The molecule has 0 aliphatic carbocycles. The molecule has 2 aromatic rings. The van der Waals surface area contributed by atoms with Gasteiger partial charge in [-0.25, -0.2) is 0 Å². The molecule has 21 heavy (non-hydrogen) atoms. The highest BCUT2D eigenvalue weighted by molar-refractivity contribution is 5.93. The molecule has 1 amide bonds. The number of aryl methyl sites for hydroxylation is 1. The molecule has 1 atom stereocenters. The van der Waals surface area contributed by atoms with Crippen molar-refractivity contribution < 1.29 is 9.90 Å². The Balaban J connectivity index is 2.02. The lowest BCUT2D eigenvalue weighted by Crippen LogP contribution is -2.32. The summed E-state index contributed by atoms with van der Waals surface area (Å²) in [5.41, 5.74) is 3.36. The number of nitrogens with one attached hydrogen (secondary N) is 2. The summed E-state index contributed by atoms with van der Waals surface area (Å²) >= 11 is 0. The predicted molar refractivity (Wildman–Crippen MR) is 82.0 cm³/mol. The van der Waals surface area contributed by atoms with Gasteiger partial charge in [-0.1, -0.05) is 29.8 Å². The molecule has 1 heterocycles. The minimum absolute atomic E-state index is 0.0239. The van der Waals surface area contributed by atoms with E-state index in [9.17, 15) is 4.79 Å². The van der Waals surface area contributed by atoms with Gasteiger partial charge in [0.1, 0.15) is 5.69 Å². The zero-order valence-corrected chi connectivity index (χ0v) is 12.4. The number of nitrogens with zero attached hydrogens (tertiary/aromatic N) is 1. The lowest BCUT2D eigenvalue weighted by molar-refractivity contribution is 0.0931. The third kappa shape index (κ3) is 4.16. The molecule has 0 bridgehead atoms. The Hall–Kier alpha value is -2.14. The quantitative estimate of drug-likeness (QED) is 0.762. The van der Waals surface area contributed by atoms with Crippen molar-refractivity contribution in [2.24, 2.45) is 0 Å². The summed E-state index contributed by atoms with van der Waals surface area (Å²) in [6, 6.07) is 9.77. The van der Waals surface area contributed by atoms with Crippen molar-refractivity contribution in [3.8, 4) is 11.3 Å². The van der Waals surface area contributed by atoms with Gasteiger partial charge in [0.05, 0.1) is 5.69 Å². The van der Waals surface area contributed by atoms with Gasteiger partial charge in [0.15, 0.2) is 0 Å². The molecule has 1 aromatic heterocycles. The van der Waals surface area contributed by atoms with Crippen LogP contribution in [-0.2, 0) is 0 Å². The standard InChI is InChI=1S/C16H21N3O2/c1-11-5-7-13(8-6-11)14-10-15(19-18-14)16(21)17-12(2)4-3-9-20/h5-8,10,12,20H,3-4,9H2,1-2H3,(H,17,21)(H,18,19). The van der Waals surface area contributed by atoms with Crippen LogP contribution in [0.25, 0.3) is 11.3 Å². The van der Waals surface area contributed by atoms with Crippen molar-refractivity contribution in [1.82, 2.24) is 15.5 Å². The maximum Gasteiger partial charge on any atom is 0.269 e. The van der Waals surface area contributed by atoms with E-state index < -0.39 is 0 Å². The van der Waals surface area contributed by atoms with Crippen LogP contribution >= 0.6 is 0 Å². The molecule has 0 aliphatic rings. The number of benzene rings is 1. The highest BCUT2D eigenvalue weighted by atomic mass is 16.3. The van der Waals surface area contributed by atoms with Gasteiger partial charge in [-0.15, -0.1) is 0 Å². The van der Waals surface area contributed by atoms with E-state index >= 15 is 0 Å². The first-order valence-electron chi connectivity index (χ1n) is 7.14. The number of aromatic amines is 1. The molecule has 5 nitrogen and oxygen atoms in total. The Morgan fingerprint density at radius 2 is 2.10 bits per heavy atom. The minimum Gasteiger partial charge on any atom is -0.396 e. The maximum atomic E-state index is 12.1. The van der Waals surface area contributed by atoms with Crippen LogP contribution in [-0.4, -0.2) is 33.9 Å². The highest BCUT2D eigenvalue weighted by Gasteiger charge is 2.13. The number of hydrogen-bond acceptors (Lipinski definition) is 3. The van der Waals surface area contributed by atoms with Crippen molar-refractivity contribution in [3.63, 3.8) is 0 Å². The van der Waals surface area contributed by atoms with Crippen LogP contribution in [0.4, 0.5) is 0 Å². The zero-order valence-electron chi connectivity index (χ0n) is 12.4. The van der Waals surface area contributed by atoms with Gasteiger partial charge in [-0.3, -0.25) is 9.89 Å². The first kappa shape index (κ1) is 15.3. The molecular weight excluding hydrogens is 266 g/mol. The molecule has 0 saturated heterocycles. The van der Waals surface area contributed by atoms with Crippen molar-refractivity contribution in [2.75, 3.05) is 6.61 Å². The van der Waals surface area contributed by atoms with Crippen molar-refractivity contribution in [3.05, 3.63) is 41.6 Å². The van der Waals surface area contributed by atoms with Gasteiger partial charge in [0.2, 0.25) is 0 Å². The van der Waals surface area contributed by atoms with Gasteiger partial charge in [-0.05, 0) is 32.8 Å². The van der Waals surface area contributed by atoms with Gasteiger partial charge in [-0.2, -0.15) is 5.10 Å². The van der Waals surface area contributed by atoms with Crippen LogP contribution < -0.4 is 5.32 Å². The molecular formula is C16H21N3O2. The maximum absolute atomic E-state index is 12.1. The molecule has 5 heteroatoms. The van der Waals surface area contributed by atoms with E-state index in [4.69, 9.17) is 5.11 Å². The second-order valence-electron chi connectivity index (χ2n) is 5.27. The Kier molecular flexibility index (Phi) is 5.11. The van der Waals surface area contributed by atoms with E-state index in [0.29, 0.717) is 12.1 Å². The van der Waals surface area contributed by atoms with Crippen LogP contribution in [0.1, 0.15) is 35.8 Å². The number of aliphatic hydroxyl groups is 1. The number of amides is 1.